The van der Waals surface area contributed by atoms with Gasteiger partial charge in [-0.15, -0.1) is 0 Å². The van der Waals surface area contributed by atoms with Crippen LogP contribution in [0.4, 0.5) is 9.93 Å². The first kappa shape index (κ1) is 22.9. The second-order valence-corrected chi connectivity index (χ2v) is 9.91. The topological polar surface area (TPSA) is 102 Å². The van der Waals surface area contributed by atoms with Gasteiger partial charge in [-0.05, 0) is 61.9 Å². The number of aliphatic hydroxyl groups is 1. The monoisotopic (exact) mass is 461 g/mol. The van der Waals surface area contributed by atoms with Crippen molar-refractivity contribution >= 4 is 22.5 Å². The Morgan fingerprint density at radius 1 is 1.18 bits per heavy atom. The first-order valence-corrected chi connectivity index (χ1v) is 11.8. The quantitative estimate of drug-likeness (QED) is 0.570. The van der Waals surface area contributed by atoms with Crippen molar-refractivity contribution in [2.24, 2.45) is 5.41 Å². The van der Waals surface area contributed by atoms with Crippen molar-refractivity contribution in [3.05, 3.63) is 53.3 Å². The Hall–Kier alpha value is -3.28. The molecule has 4 rings (SSSR count). The first-order valence-electron chi connectivity index (χ1n) is 10.9. The summed E-state index contributed by atoms with van der Waals surface area (Å²) in [6, 6.07) is 13.3. The SMILES string of the molecule is Cc1cc(-c2sc(NC(=O)N3CCC(C)(CO)CC3)nc2-c2cccc(C#N)c2)cc(C)n1. The maximum Gasteiger partial charge on any atom is 0.323 e. The van der Waals surface area contributed by atoms with Gasteiger partial charge in [-0.25, -0.2) is 9.78 Å². The van der Waals surface area contributed by atoms with Crippen LogP contribution in [0.2, 0.25) is 0 Å². The van der Waals surface area contributed by atoms with Crippen LogP contribution in [0.25, 0.3) is 21.7 Å². The van der Waals surface area contributed by atoms with Crippen molar-refractivity contribution in [1.29, 1.82) is 5.26 Å². The van der Waals surface area contributed by atoms with Crippen LogP contribution in [-0.4, -0.2) is 45.7 Å². The van der Waals surface area contributed by atoms with E-state index in [1.807, 2.05) is 44.2 Å². The number of piperidine rings is 1. The van der Waals surface area contributed by atoms with Crippen LogP contribution >= 0.6 is 11.3 Å². The molecule has 2 aromatic heterocycles. The molecular formula is C25H27N5O2S. The number of rotatable bonds is 4. The van der Waals surface area contributed by atoms with Gasteiger partial charge in [0.1, 0.15) is 0 Å². The Morgan fingerprint density at radius 2 is 1.88 bits per heavy atom. The number of carbonyl (C=O) groups excluding carboxylic acids is 1. The lowest BCUT2D eigenvalue weighted by atomic mass is 9.81. The molecule has 1 saturated heterocycles. The van der Waals surface area contributed by atoms with E-state index in [1.165, 1.54) is 11.3 Å². The van der Waals surface area contributed by atoms with E-state index in [9.17, 15) is 15.2 Å². The van der Waals surface area contributed by atoms with Gasteiger partial charge >= 0.3 is 6.03 Å². The number of nitriles is 1. The molecule has 170 valence electrons. The molecule has 1 aliphatic heterocycles. The van der Waals surface area contributed by atoms with Crippen LogP contribution < -0.4 is 5.32 Å². The molecule has 3 heterocycles. The van der Waals surface area contributed by atoms with E-state index in [4.69, 9.17) is 4.98 Å². The van der Waals surface area contributed by atoms with E-state index in [0.29, 0.717) is 23.8 Å². The summed E-state index contributed by atoms with van der Waals surface area (Å²) in [5, 5.41) is 22.4. The zero-order chi connectivity index (χ0) is 23.6. The molecule has 0 saturated carbocycles. The second kappa shape index (κ2) is 9.30. The highest BCUT2D eigenvalue weighted by Gasteiger charge is 2.31. The number of urea groups is 1. The van der Waals surface area contributed by atoms with Gasteiger partial charge in [-0.3, -0.25) is 10.3 Å². The maximum atomic E-state index is 12.9. The number of anilines is 1. The van der Waals surface area contributed by atoms with E-state index >= 15 is 0 Å². The lowest BCUT2D eigenvalue weighted by Gasteiger charge is -2.37. The van der Waals surface area contributed by atoms with Gasteiger partial charge < -0.3 is 10.0 Å². The Bertz CT molecular complexity index is 1200. The van der Waals surface area contributed by atoms with Gasteiger partial charge in [-0.1, -0.05) is 30.4 Å². The molecule has 0 unspecified atom stereocenters. The average Bonchev–Trinajstić information content (AvgIpc) is 3.23. The predicted molar refractivity (Wildman–Crippen MR) is 130 cm³/mol. The van der Waals surface area contributed by atoms with Crippen molar-refractivity contribution in [1.82, 2.24) is 14.9 Å². The molecule has 1 fully saturated rings. The second-order valence-electron chi connectivity index (χ2n) is 8.91. The highest BCUT2D eigenvalue weighted by Crippen LogP contribution is 2.40. The number of pyridine rings is 1. The molecule has 1 aliphatic rings. The number of nitrogens with zero attached hydrogens (tertiary/aromatic N) is 4. The predicted octanol–water partition coefficient (Wildman–Crippen LogP) is 4.99. The average molecular weight is 462 g/mol. The van der Waals surface area contributed by atoms with Crippen molar-refractivity contribution in [3.63, 3.8) is 0 Å². The Labute approximate surface area is 197 Å². The summed E-state index contributed by atoms with van der Waals surface area (Å²) in [5.74, 6) is 0. The minimum Gasteiger partial charge on any atom is -0.396 e. The number of hydrogen-bond acceptors (Lipinski definition) is 6. The van der Waals surface area contributed by atoms with Crippen LogP contribution in [0.1, 0.15) is 36.7 Å². The number of nitrogens with one attached hydrogen (secondary N) is 1. The Morgan fingerprint density at radius 3 is 2.52 bits per heavy atom. The lowest BCUT2D eigenvalue weighted by Crippen LogP contribution is -2.45. The Kier molecular flexibility index (Phi) is 6.45. The molecule has 2 N–H and O–H groups in total. The summed E-state index contributed by atoms with van der Waals surface area (Å²) in [5.41, 5.74) is 4.77. The summed E-state index contributed by atoms with van der Waals surface area (Å²) >= 11 is 1.41. The molecule has 0 aliphatic carbocycles. The molecular weight excluding hydrogens is 434 g/mol. The molecule has 8 heteroatoms. The fourth-order valence-corrected chi connectivity index (χ4v) is 5.01. The number of hydrogen-bond donors (Lipinski definition) is 2. The fourth-order valence-electron chi connectivity index (χ4n) is 4.04. The molecule has 7 nitrogen and oxygen atoms in total. The maximum absolute atomic E-state index is 12.9. The molecule has 0 atom stereocenters. The van der Waals surface area contributed by atoms with Crippen molar-refractivity contribution in [2.75, 3.05) is 25.0 Å². The minimum atomic E-state index is -0.185. The van der Waals surface area contributed by atoms with E-state index in [0.717, 1.165) is 45.9 Å². The van der Waals surface area contributed by atoms with Crippen molar-refractivity contribution in [2.45, 2.75) is 33.6 Å². The summed E-state index contributed by atoms with van der Waals surface area (Å²) in [6.07, 6.45) is 1.53. The summed E-state index contributed by atoms with van der Waals surface area (Å²) < 4.78 is 0. The first-order chi connectivity index (χ1) is 15.8. The van der Waals surface area contributed by atoms with Gasteiger partial charge in [-0.2, -0.15) is 5.26 Å². The Balaban J connectivity index is 1.66. The molecule has 33 heavy (non-hydrogen) atoms. The van der Waals surface area contributed by atoms with E-state index in [2.05, 4.69) is 23.3 Å². The van der Waals surface area contributed by atoms with Gasteiger partial charge in [0.05, 0.1) is 22.2 Å². The van der Waals surface area contributed by atoms with Gasteiger partial charge in [0.2, 0.25) is 0 Å². The normalized spacial score (nSPS) is 15.2. The molecule has 1 aromatic carbocycles. The van der Waals surface area contributed by atoms with Gasteiger partial charge in [0.15, 0.2) is 5.13 Å². The standard InChI is InChI=1S/C25H27N5O2S/c1-16-11-20(12-17(2)27-16)22-21(19-6-4-5-18(13-19)14-26)28-23(33-22)29-24(32)30-9-7-25(3,15-31)8-10-30/h4-6,11-13,31H,7-10,15H2,1-3H3,(H,28,29,32). The number of aryl methyl sites for hydroxylation is 2. The zero-order valence-electron chi connectivity index (χ0n) is 19.1. The van der Waals surface area contributed by atoms with Crippen LogP contribution in [0.5, 0.6) is 0 Å². The van der Waals surface area contributed by atoms with Crippen LogP contribution in [0.3, 0.4) is 0 Å². The van der Waals surface area contributed by atoms with Crippen LogP contribution in [0, 0.1) is 30.6 Å². The highest BCUT2D eigenvalue weighted by molar-refractivity contribution is 7.19. The van der Waals surface area contributed by atoms with Crippen molar-refractivity contribution in [3.8, 4) is 27.8 Å². The van der Waals surface area contributed by atoms with E-state index in [-0.39, 0.29) is 18.1 Å². The number of likely N-dealkylation sites (tertiary alicyclic amines) is 1. The number of aliphatic hydroxyl groups excluding tert-OH is 1. The summed E-state index contributed by atoms with van der Waals surface area (Å²) in [6.45, 7) is 7.28. The zero-order valence-corrected chi connectivity index (χ0v) is 19.9. The number of thiazole rings is 1. The lowest BCUT2D eigenvalue weighted by molar-refractivity contribution is 0.0728. The van der Waals surface area contributed by atoms with Crippen LogP contribution in [0.15, 0.2) is 36.4 Å². The summed E-state index contributed by atoms with van der Waals surface area (Å²) in [7, 11) is 0. The minimum absolute atomic E-state index is 0.124. The van der Waals surface area contributed by atoms with E-state index < -0.39 is 0 Å². The van der Waals surface area contributed by atoms with Gasteiger partial charge in [0.25, 0.3) is 0 Å². The van der Waals surface area contributed by atoms with Crippen molar-refractivity contribution < 1.29 is 9.90 Å². The number of aromatic nitrogens is 2. The third-order valence-electron chi connectivity index (χ3n) is 6.09. The van der Waals surface area contributed by atoms with Crippen LogP contribution in [-0.2, 0) is 0 Å². The third kappa shape index (κ3) is 5.05. The summed E-state index contributed by atoms with van der Waals surface area (Å²) in [4.78, 5) is 24.9. The third-order valence-corrected chi connectivity index (χ3v) is 7.11. The van der Waals surface area contributed by atoms with Gasteiger partial charge in [0, 0.05) is 36.6 Å². The number of carbonyl (C=O) groups is 1. The molecule has 0 bridgehead atoms. The fraction of sp³-hybridized carbons (Fsp3) is 0.360. The largest absolute Gasteiger partial charge is 0.396 e. The molecule has 0 spiro atoms. The highest BCUT2D eigenvalue weighted by atomic mass is 32.1. The number of amides is 2. The molecule has 2 amide bonds. The molecule has 3 aromatic rings. The van der Waals surface area contributed by atoms with E-state index in [1.54, 1.807) is 11.0 Å². The smallest absolute Gasteiger partial charge is 0.323 e. The molecule has 0 radical (unpaired) electrons. The number of benzene rings is 1.